The van der Waals surface area contributed by atoms with Crippen LogP contribution in [0.2, 0.25) is 0 Å². The predicted octanol–water partition coefficient (Wildman–Crippen LogP) is 2.99. The van der Waals surface area contributed by atoms with Crippen molar-refractivity contribution in [2.75, 3.05) is 12.4 Å². The predicted molar refractivity (Wildman–Crippen MR) is 66.8 cm³/mol. The normalized spacial score (nSPS) is 17.7. The van der Waals surface area contributed by atoms with Crippen LogP contribution >= 0.6 is 15.9 Å². The average molecular weight is 286 g/mol. The summed E-state index contributed by atoms with van der Waals surface area (Å²) in [5.41, 5.74) is 0.207. The van der Waals surface area contributed by atoms with E-state index in [9.17, 15) is 0 Å². The van der Waals surface area contributed by atoms with Crippen LogP contribution in [0.1, 0.15) is 32.6 Å². The monoisotopic (exact) mass is 285 g/mol. The number of methoxy groups -OCH3 is 1. The maximum absolute atomic E-state index is 5.15. The van der Waals surface area contributed by atoms with Gasteiger partial charge < -0.3 is 10.1 Å². The zero-order chi connectivity index (χ0) is 11.6. The van der Waals surface area contributed by atoms with E-state index in [0.717, 1.165) is 10.9 Å². The second-order valence-corrected chi connectivity index (χ2v) is 5.02. The SMILES string of the molecule is CCC1(Nc2ncc(Br)c(OC)n2)CCC1. The highest BCUT2D eigenvalue weighted by molar-refractivity contribution is 9.10. The summed E-state index contributed by atoms with van der Waals surface area (Å²) < 4.78 is 5.92. The molecule has 1 N–H and O–H groups in total. The molecule has 16 heavy (non-hydrogen) atoms. The van der Waals surface area contributed by atoms with Gasteiger partial charge in [-0.15, -0.1) is 0 Å². The van der Waals surface area contributed by atoms with E-state index >= 15 is 0 Å². The molecule has 2 rings (SSSR count). The Morgan fingerprint density at radius 1 is 1.56 bits per heavy atom. The molecule has 0 atom stereocenters. The van der Waals surface area contributed by atoms with Crippen molar-refractivity contribution in [3.63, 3.8) is 0 Å². The second-order valence-electron chi connectivity index (χ2n) is 4.16. The van der Waals surface area contributed by atoms with Gasteiger partial charge in [0.05, 0.1) is 17.8 Å². The van der Waals surface area contributed by atoms with Gasteiger partial charge in [0.25, 0.3) is 0 Å². The van der Waals surface area contributed by atoms with E-state index in [2.05, 4.69) is 38.1 Å². The maximum atomic E-state index is 5.15. The highest BCUT2D eigenvalue weighted by Crippen LogP contribution is 2.37. The standard InChI is InChI=1S/C11H16BrN3O/c1-3-11(5-4-6-11)15-10-13-7-8(12)9(14-10)16-2/h7H,3-6H2,1-2H3,(H,13,14,15). The third kappa shape index (κ3) is 2.14. The van der Waals surface area contributed by atoms with E-state index < -0.39 is 0 Å². The first-order valence-electron chi connectivity index (χ1n) is 5.54. The number of nitrogens with zero attached hydrogens (tertiary/aromatic N) is 2. The average Bonchev–Trinajstić information content (AvgIpc) is 2.25. The lowest BCUT2D eigenvalue weighted by molar-refractivity contribution is 0.267. The van der Waals surface area contributed by atoms with E-state index in [0.29, 0.717) is 11.8 Å². The van der Waals surface area contributed by atoms with Gasteiger partial charge in [0.1, 0.15) is 0 Å². The van der Waals surface area contributed by atoms with E-state index in [1.54, 1.807) is 13.3 Å². The van der Waals surface area contributed by atoms with Crippen LogP contribution in [0.25, 0.3) is 0 Å². The minimum absolute atomic E-state index is 0.207. The Balaban J connectivity index is 2.15. The summed E-state index contributed by atoms with van der Waals surface area (Å²) in [7, 11) is 1.61. The van der Waals surface area contributed by atoms with Crippen molar-refractivity contribution >= 4 is 21.9 Å². The third-order valence-corrected chi connectivity index (χ3v) is 3.81. The minimum Gasteiger partial charge on any atom is -0.480 e. The molecule has 1 heterocycles. The Kier molecular flexibility index (Phi) is 3.33. The number of rotatable bonds is 4. The van der Waals surface area contributed by atoms with Crippen molar-refractivity contribution in [3.8, 4) is 5.88 Å². The molecule has 88 valence electrons. The molecule has 0 amide bonds. The number of aromatic nitrogens is 2. The molecule has 1 aliphatic carbocycles. The molecule has 0 radical (unpaired) electrons. The number of nitrogens with one attached hydrogen (secondary N) is 1. The molecule has 0 bridgehead atoms. The molecule has 1 aromatic heterocycles. The third-order valence-electron chi connectivity index (χ3n) is 3.27. The van der Waals surface area contributed by atoms with Crippen LogP contribution in [0.15, 0.2) is 10.7 Å². The van der Waals surface area contributed by atoms with Crippen LogP contribution in [0.3, 0.4) is 0 Å². The Labute approximate surface area is 104 Å². The van der Waals surface area contributed by atoms with Gasteiger partial charge in [0.15, 0.2) is 0 Å². The molecule has 1 saturated carbocycles. The zero-order valence-corrected chi connectivity index (χ0v) is 11.2. The number of hydrogen-bond donors (Lipinski definition) is 1. The lowest BCUT2D eigenvalue weighted by atomic mass is 9.75. The molecule has 0 saturated heterocycles. The molecular weight excluding hydrogens is 270 g/mol. The van der Waals surface area contributed by atoms with Gasteiger partial charge in [-0.1, -0.05) is 6.92 Å². The fraction of sp³-hybridized carbons (Fsp3) is 0.636. The number of anilines is 1. The van der Waals surface area contributed by atoms with Gasteiger partial charge in [0, 0.05) is 5.54 Å². The molecule has 0 spiro atoms. The molecule has 0 aliphatic heterocycles. The summed E-state index contributed by atoms with van der Waals surface area (Å²) in [6.07, 6.45) is 6.51. The van der Waals surface area contributed by atoms with Gasteiger partial charge in [-0.2, -0.15) is 4.98 Å². The van der Waals surface area contributed by atoms with Crippen molar-refractivity contribution in [2.45, 2.75) is 38.1 Å². The van der Waals surface area contributed by atoms with Crippen molar-refractivity contribution in [3.05, 3.63) is 10.7 Å². The van der Waals surface area contributed by atoms with Crippen LogP contribution in [-0.2, 0) is 0 Å². The highest BCUT2D eigenvalue weighted by Gasteiger charge is 2.35. The first-order valence-corrected chi connectivity index (χ1v) is 6.33. The van der Waals surface area contributed by atoms with Crippen molar-refractivity contribution in [2.24, 2.45) is 0 Å². The number of ether oxygens (including phenoxy) is 1. The molecule has 1 aliphatic rings. The van der Waals surface area contributed by atoms with E-state index in [1.165, 1.54) is 19.3 Å². The van der Waals surface area contributed by atoms with Crippen LogP contribution in [0.4, 0.5) is 5.95 Å². The summed E-state index contributed by atoms with van der Waals surface area (Å²) in [5, 5.41) is 3.42. The second kappa shape index (κ2) is 4.57. The Hall–Kier alpha value is -0.840. The van der Waals surface area contributed by atoms with Gasteiger partial charge >= 0.3 is 0 Å². The summed E-state index contributed by atoms with van der Waals surface area (Å²) in [4.78, 5) is 8.57. The molecule has 5 heteroatoms. The summed E-state index contributed by atoms with van der Waals surface area (Å²) in [6, 6.07) is 0. The molecule has 1 aromatic rings. The van der Waals surface area contributed by atoms with Crippen molar-refractivity contribution in [1.29, 1.82) is 0 Å². The maximum Gasteiger partial charge on any atom is 0.232 e. The van der Waals surface area contributed by atoms with E-state index in [4.69, 9.17) is 4.74 Å². The first kappa shape index (κ1) is 11.6. The van der Waals surface area contributed by atoms with Crippen LogP contribution in [0.5, 0.6) is 5.88 Å². The smallest absolute Gasteiger partial charge is 0.232 e. The van der Waals surface area contributed by atoms with E-state index in [1.807, 2.05) is 0 Å². The zero-order valence-electron chi connectivity index (χ0n) is 9.59. The lowest BCUT2D eigenvalue weighted by Gasteiger charge is -2.41. The molecule has 0 unspecified atom stereocenters. The van der Waals surface area contributed by atoms with Gasteiger partial charge in [-0.05, 0) is 41.6 Å². The van der Waals surface area contributed by atoms with Gasteiger partial charge in [-0.3, -0.25) is 0 Å². The van der Waals surface area contributed by atoms with E-state index in [-0.39, 0.29) is 5.54 Å². The van der Waals surface area contributed by atoms with Gasteiger partial charge in [-0.25, -0.2) is 4.98 Å². The van der Waals surface area contributed by atoms with Gasteiger partial charge in [0.2, 0.25) is 11.8 Å². The Bertz CT molecular complexity index is 374. The summed E-state index contributed by atoms with van der Waals surface area (Å²) in [6.45, 7) is 2.20. The van der Waals surface area contributed by atoms with Crippen LogP contribution < -0.4 is 10.1 Å². The fourth-order valence-electron chi connectivity index (χ4n) is 1.96. The number of halogens is 1. The molecule has 1 fully saturated rings. The topological polar surface area (TPSA) is 47.0 Å². The lowest BCUT2D eigenvalue weighted by Crippen LogP contribution is -2.44. The Morgan fingerprint density at radius 3 is 2.81 bits per heavy atom. The van der Waals surface area contributed by atoms with Crippen molar-refractivity contribution < 1.29 is 4.74 Å². The minimum atomic E-state index is 0.207. The molecular formula is C11H16BrN3O. The highest BCUT2D eigenvalue weighted by atomic mass is 79.9. The quantitative estimate of drug-likeness (QED) is 0.924. The fourth-order valence-corrected chi connectivity index (χ4v) is 2.32. The summed E-state index contributed by atoms with van der Waals surface area (Å²) in [5.74, 6) is 1.23. The first-order chi connectivity index (χ1) is 7.69. The van der Waals surface area contributed by atoms with Crippen LogP contribution in [0, 0.1) is 0 Å². The van der Waals surface area contributed by atoms with Crippen molar-refractivity contribution in [1.82, 2.24) is 9.97 Å². The molecule has 0 aromatic carbocycles. The molecule has 4 nitrogen and oxygen atoms in total. The van der Waals surface area contributed by atoms with Crippen LogP contribution in [-0.4, -0.2) is 22.6 Å². The largest absolute Gasteiger partial charge is 0.480 e. The summed E-state index contributed by atoms with van der Waals surface area (Å²) >= 11 is 3.34. The number of hydrogen-bond acceptors (Lipinski definition) is 4. The Morgan fingerprint density at radius 2 is 2.31 bits per heavy atom.